The smallest absolute Gasteiger partial charge is 0.381 e. The highest BCUT2D eigenvalue weighted by Gasteiger charge is 2.34. The Kier molecular flexibility index (Phi) is 5.02. The van der Waals surface area contributed by atoms with Gasteiger partial charge in [-0.1, -0.05) is 6.82 Å². The van der Waals surface area contributed by atoms with Crippen molar-refractivity contribution in [2.75, 3.05) is 5.32 Å². The van der Waals surface area contributed by atoms with E-state index < -0.39 is 28.8 Å². The lowest BCUT2D eigenvalue weighted by molar-refractivity contribution is -0.137. The lowest BCUT2D eigenvalue weighted by atomic mass is 9.70. The molecule has 1 aromatic carbocycles. The summed E-state index contributed by atoms with van der Waals surface area (Å²) in [5.74, 6) is -0.821. The fourth-order valence-electron chi connectivity index (χ4n) is 1.71. The summed E-state index contributed by atoms with van der Waals surface area (Å²) in [6.07, 6.45) is -4.65. The van der Waals surface area contributed by atoms with Crippen LogP contribution < -0.4 is 5.32 Å². The van der Waals surface area contributed by atoms with Gasteiger partial charge in [0.15, 0.2) is 0 Å². The molecular formula is C13H13BF3N2O2. The Morgan fingerprint density at radius 2 is 2.10 bits per heavy atom. The second kappa shape index (κ2) is 6.18. The van der Waals surface area contributed by atoms with E-state index in [1.807, 2.05) is 0 Å². The lowest BCUT2D eigenvalue weighted by Gasteiger charge is -2.22. The van der Waals surface area contributed by atoms with Crippen molar-refractivity contribution >= 4 is 18.9 Å². The topological polar surface area (TPSA) is 73.1 Å². The first-order valence-corrected chi connectivity index (χ1v) is 6.05. The molecular weight excluding hydrogens is 284 g/mol. The number of rotatable bonds is 4. The minimum atomic E-state index is -4.70. The fourth-order valence-corrected chi connectivity index (χ4v) is 1.71. The van der Waals surface area contributed by atoms with Crippen molar-refractivity contribution in [1.82, 2.24) is 0 Å². The maximum atomic E-state index is 12.8. The van der Waals surface area contributed by atoms with E-state index in [1.165, 1.54) is 19.1 Å². The van der Waals surface area contributed by atoms with Crippen molar-refractivity contribution in [3.8, 4) is 6.07 Å². The molecule has 0 saturated heterocycles. The van der Waals surface area contributed by atoms with Crippen LogP contribution in [-0.4, -0.2) is 23.9 Å². The molecule has 0 aromatic heterocycles. The van der Waals surface area contributed by atoms with Crippen LogP contribution in [0.25, 0.3) is 0 Å². The van der Waals surface area contributed by atoms with E-state index >= 15 is 0 Å². The van der Waals surface area contributed by atoms with E-state index in [2.05, 4.69) is 5.32 Å². The van der Waals surface area contributed by atoms with Crippen molar-refractivity contribution in [3.05, 3.63) is 29.3 Å². The van der Waals surface area contributed by atoms with Crippen molar-refractivity contribution < 1.29 is 23.1 Å². The Bertz CT molecular complexity index is 580. The summed E-state index contributed by atoms with van der Waals surface area (Å²) in [5, 5.41) is 20.7. The number of carbonyl (C=O) groups excluding carboxylic acids is 1. The molecule has 21 heavy (non-hydrogen) atoms. The summed E-state index contributed by atoms with van der Waals surface area (Å²) in [6.45, 7) is 2.90. The summed E-state index contributed by atoms with van der Waals surface area (Å²) in [4.78, 5) is 11.8. The van der Waals surface area contributed by atoms with Crippen molar-refractivity contribution in [3.63, 3.8) is 0 Å². The second-order valence-corrected chi connectivity index (χ2v) is 4.71. The number of nitriles is 1. The number of carbonyl (C=O) groups is 1. The van der Waals surface area contributed by atoms with Gasteiger partial charge < -0.3 is 10.4 Å². The molecule has 0 heterocycles. The predicted molar refractivity (Wildman–Crippen MR) is 71.8 cm³/mol. The molecule has 1 radical (unpaired) electrons. The van der Waals surface area contributed by atoms with Gasteiger partial charge in [0.05, 0.1) is 17.2 Å². The fraction of sp³-hybridized carbons (Fsp3) is 0.385. The first kappa shape index (κ1) is 17.0. The molecule has 2 N–H and O–H groups in total. The zero-order chi connectivity index (χ0) is 16.3. The standard InChI is InChI=1S/C13H13BF3N2O2/c1-12(21,7-14-2)11(20)19-9-4-3-8(6-18)10(5-9)13(15,16)17/h3-5,21H,7H2,1-2H3,(H,19,20). The maximum Gasteiger partial charge on any atom is 0.417 e. The van der Waals surface area contributed by atoms with Crippen LogP contribution in [0.2, 0.25) is 13.1 Å². The Morgan fingerprint density at radius 1 is 1.48 bits per heavy atom. The van der Waals surface area contributed by atoms with Crippen LogP contribution in [0, 0.1) is 11.3 Å². The van der Waals surface area contributed by atoms with Gasteiger partial charge >= 0.3 is 6.18 Å². The van der Waals surface area contributed by atoms with Crippen molar-refractivity contribution in [1.29, 1.82) is 5.26 Å². The number of aliphatic hydroxyl groups is 1. The van der Waals surface area contributed by atoms with E-state index in [9.17, 15) is 23.1 Å². The summed E-state index contributed by atoms with van der Waals surface area (Å²) in [5.41, 5.74) is -3.53. The second-order valence-electron chi connectivity index (χ2n) is 4.71. The van der Waals surface area contributed by atoms with Crippen LogP contribution in [-0.2, 0) is 11.0 Å². The molecule has 0 aliphatic rings. The Hall–Kier alpha value is -2.01. The van der Waals surface area contributed by atoms with Gasteiger partial charge in [-0.3, -0.25) is 4.79 Å². The Labute approximate surface area is 120 Å². The molecule has 1 aromatic rings. The number of hydrogen-bond donors (Lipinski definition) is 2. The monoisotopic (exact) mass is 297 g/mol. The third-order valence-corrected chi connectivity index (χ3v) is 2.79. The van der Waals surface area contributed by atoms with Gasteiger partial charge in [-0.2, -0.15) is 18.4 Å². The van der Waals surface area contributed by atoms with Gasteiger partial charge in [-0.05, 0) is 31.4 Å². The van der Waals surface area contributed by atoms with Crippen LogP contribution >= 0.6 is 0 Å². The van der Waals surface area contributed by atoms with E-state index in [4.69, 9.17) is 5.26 Å². The van der Waals surface area contributed by atoms with E-state index in [-0.39, 0.29) is 12.0 Å². The number of anilines is 1. The van der Waals surface area contributed by atoms with Crippen LogP contribution in [0.4, 0.5) is 18.9 Å². The van der Waals surface area contributed by atoms with E-state index in [0.29, 0.717) is 6.07 Å². The number of nitrogens with one attached hydrogen (secondary N) is 1. The number of halogens is 3. The van der Waals surface area contributed by atoms with Gasteiger partial charge in [-0.15, -0.1) is 0 Å². The Balaban J connectivity index is 3.07. The molecule has 1 unspecified atom stereocenters. The molecule has 1 rings (SSSR count). The molecule has 0 fully saturated rings. The number of hydrogen-bond acceptors (Lipinski definition) is 3. The van der Waals surface area contributed by atoms with Gasteiger partial charge in [0.2, 0.25) is 0 Å². The third kappa shape index (κ3) is 4.23. The van der Waals surface area contributed by atoms with Gasteiger partial charge in [0.25, 0.3) is 5.91 Å². The first-order chi connectivity index (χ1) is 9.61. The van der Waals surface area contributed by atoms with Crippen molar-refractivity contribution in [2.24, 2.45) is 0 Å². The first-order valence-electron chi connectivity index (χ1n) is 6.05. The summed E-state index contributed by atoms with van der Waals surface area (Å²) >= 11 is 0. The maximum absolute atomic E-state index is 12.8. The molecule has 1 amide bonds. The molecule has 0 aliphatic carbocycles. The molecule has 4 nitrogen and oxygen atoms in total. The molecule has 0 bridgehead atoms. The number of alkyl halides is 3. The minimum Gasteiger partial charge on any atom is -0.381 e. The zero-order valence-corrected chi connectivity index (χ0v) is 11.5. The van der Waals surface area contributed by atoms with Gasteiger partial charge in [0, 0.05) is 5.69 Å². The lowest BCUT2D eigenvalue weighted by Crippen LogP contribution is -2.40. The SMILES string of the molecule is C[B]CC(C)(O)C(=O)Nc1ccc(C#N)c(C(F)(F)F)c1. The van der Waals surface area contributed by atoms with E-state index in [1.54, 1.807) is 14.1 Å². The molecule has 0 aliphatic heterocycles. The van der Waals surface area contributed by atoms with Crippen LogP contribution in [0.3, 0.4) is 0 Å². The predicted octanol–water partition coefficient (Wildman–Crippen LogP) is 2.44. The van der Waals surface area contributed by atoms with Gasteiger partial charge in [0.1, 0.15) is 12.9 Å². The molecule has 8 heteroatoms. The van der Waals surface area contributed by atoms with E-state index in [0.717, 1.165) is 6.07 Å². The van der Waals surface area contributed by atoms with Crippen molar-refractivity contribution in [2.45, 2.75) is 31.8 Å². The number of benzene rings is 1. The number of amides is 1. The highest BCUT2D eigenvalue weighted by Crippen LogP contribution is 2.33. The summed E-state index contributed by atoms with van der Waals surface area (Å²) < 4.78 is 38.4. The van der Waals surface area contributed by atoms with Crippen LogP contribution in [0.1, 0.15) is 18.1 Å². The zero-order valence-electron chi connectivity index (χ0n) is 11.5. The highest BCUT2D eigenvalue weighted by molar-refractivity contribution is 6.35. The molecule has 111 valence electrons. The summed E-state index contributed by atoms with van der Waals surface area (Å²) in [6, 6.07) is 4.26. The largest absolute Gasteiger partial charge is 0.417 e. The molecule has 1 atom stereocenters. The molecule has 0 spiro atoms. The average molecular weight is 297 g/mol. The quantitative estimate of drug-likeness (QED) is 0.838. The van der Waals surface area contributed by atoms with Crippen LogP contribution in [0.5, 0.6) is 0 Å². The minimum absolute atomic E-state index is 0.0568. The van der Waals surface area contributed by atoms with Crippen LogP contribution in [0.15, 0.2) is 18.2 Å². The van der Waals surface area contributed by atoms with Gasteiger partial charge in [-0.25, -0.2) is 0 Å². The third-order valence-electron chi connectivity index (χ3n) is 2.79. The highest BCUT2D eigenvalue weighted by atomic mass is 19.4. The number of nitrogens with zero attached hydrogens (tertiary/aromatic N) is 1. The summed E-state index contributed by atoms with van der Waals surface area (Å²) in [7, 11) is 1.57. The normalized spacial score (nSPS) is 14.0. The average Bonchev–Trinajstić information content (AvgIpc) is 2.37. The Morgan fingerprint density at radius 3 is 2.57 bits per heavy atom. The molecule has 0 saturated carbocycles.